The van der Waals surface area contributed by atoms with Crippen molar-refractivity contribution in [1.82, 2.24) is 15.4 Å². The Kier molecular flexibility index (Phi) is 4.19. The van der Waals surface area contributed by atoms with Gasteiger partial charge in [0.05, 0.1) is 22.2 Å². The standard InChI is InChI=1S/C16H11N5O3/c22-16(12-2-1-3-13(9-12)21(23)24)20-19-10-11-4-5-14-15(8-11)18-7-6-17-14/h1-10H,(H,20,22)/b19-10+. The molecule has 0 aliphatic carbocycles. The molecule has 0 atom stereocenters. The average Bonchev–Trinajstić information content (AvgIpc) is 2.61. The van der Waals surface area contributed by atoms with Crippen LogP contribution in [0.1, 0.15) is 15.9 Å². The summed E-state index contributed by atoms with van der Waals surface area (Å²) in [5, 5.41) is 14.6. The number of hydrogen-bond acceptors (Lipinski definition) is 6. The van der Waals surface area contributed by atoms with Gasteiger partial charge in [0.2, 0.25) is 0 Å². The Morgan fingerprint density at radius 3 is 2.71 bits per heavy atom. The number of aromatic nitrogens is 2. The fraction of sp³-hybridized carbons (Fsp3) is 0. The molecule has 0 saturated heterocycles. The van der Waals surface area contributed by atoms with Crippen molar-refractivity contribution in [3.8, 4) is 0 Å². The number of amides is 1. The molecule has 0 spiro atoms. The molecule has 2 aromatic carbocycles. The average molecular weight is 321 g/mol. The van der Waals surface area contributed by atoms with Crippen LogP contribution < -0.4 is 5.43 Å². The SMILES string of the molecule is O=C(N/N=C/c1ccc2nccnc2c1)c1cccc([N+](=O)[O-])c1. The lowest BCUT2D eigenvalue weighted by molar-refractivity contribution is -0.384. The van der Waals surface area contributed by atoms with Gasteiger partial charge in [-0.15, -0.1) is 0 Å². The van der Waals surface area contributed by atoms with Crippen LogP contribution in [0.25, 0.3) is 11.0 Å². The van der Waals surface area contributed by atoms with Gasteiger partial charge in [-0.05, 0) is 23.8 Å². The summed E-state index contributed by atoms with van der Waals surface area (Å²) in [6, 6.07) is 10.8. The van der Waals surface area contributed by atoms with Crippen molar-refractivity contribution in [2.24, 2.45) is 5.10 Å². The number of nitrogens with zero attached hydrogens (tertiary/aromatic N) is 4. The molecular weight excluding hydrogens is 310 g/mol. The first-order chi connectivity index (χ1) is 11.6. The molecular formula is C16H11N5O3. The maximum atomic E-state index is 12.0. The maximum absolute atomic E-state index is 12.0. The van der Waals surface area contributed by atoms with Crippen molar-refractivity contribution < 1.29 is 9.72 Å². The van der Waals surface area contributed by atoms with Crippen LogP contribution in [-0.4, -0.2) is 27.0 Å². The van der Waals surface area contributed by atoms with Crippen LogP contribution in [-0.2, 0) is 0 Å². The quantitative estimate of drug-likeness (QED) is 0.450. The van der Waals surface area contributed by atoms with E-state index in [9.17, 15) is 14.9 Å². The lowest BCUT2D eigenvalue weighted by atomic mass is 10.2. The number of nitro benzene ring substituents is 1. The first-order valence-corrected chi connectivity index (χ1v) is 6.92. The lowest BCUT2D eigenvalue weighted by Crippen LogP contribution is -2.17. The number of fused-ring (bicyclic) bond motifs is 1. The Bertz CT molecular complexity index is 955. The van der Waals surface area contributed by atoms with E-state index >= 15 is 0 Å². The van der Waals surface area contributed by atoms with E-state index in [1.54, 1.807) is 30.6 Å². The van der Waals surface area contributed by atoms with Crippen molar-refractivity contribution in [2.75, 3.05) is 0 Å². The Hall–Kier alpha value is -3.68. The molecule has 0 radical (unpaired) electrons. The number of hydrogen-bond donors (Lipinski definition) is 1. The third kappa shape index (κ3) is 3.38. The van der Waals surface area contributed by atoms with Crippen LogP contribution >= 0.6 is 0 Å². The Labute approximate surface area is 136 Å². The highest BCUT2D eigenvalue weighted by molar-refractivity contribution is 5.95. The minimum absolute atomic E-state index is 0.153. The van der Waals surface area contributed by atoms with Crippen molar-refractivity contribution >= 4 is 28.8 Å². The summed E-state index contributed by atoms with van der Waals surface area (Å²) in [5.74, 6) is -0.532. The molecule has 0 fully saturated rings. The molecule has 1 heterocycles. The smallest absolute Gasteiger partial charge is 0.267 e. The van der Waals surface area contributed by atoms with Crippen LogP contribution in [0.15, 0.2) is 60.0 Å². The lowest BCUT2D eigenvalue weighted by Gasteiger charge is -2.00. The van der Waals surface area contributed by atoms with Crippen LogP contribution in [0, 0.1) is 10.1 Å². The molecule has 0 bridgehead atoms. The molecule has 0 aliphatic heterocycles. The molecule has 0 aliphatic rings. The zero-order valence-corrected chi connectivity index (χ0v) is 12.3. The Morgan fingerprint density at radius 2 is 1.92 bits per heavy atom. The molecule has 1 amide bonds. The van der Waals surface area contributed by atoms with E-state index < -0.39 is 10.8 Å². The molecule has 1 aromatic heterocycles. The molecule has 3 aromatic rings. The highest BCUT2D eigenvalue weighted by atomic mass is 16.6. The Balaban J connectivity index is 1.71. The summed E-state index contributed by atoms with van der Waals surface area (Å²) < 4.78 is 0. The number of nitro groups is 1. The summed E-state index contributed by atoms with van der Waals surface area (Å²) in [7, 11) is 0. The summed E-state index contributed by atoms with van der Waals surface area (Å²) in [4.78, 5) is 30.5. The second kappa shape index (κ2) is 6.61. The monoisotopic (exact) mass is 321 g/mol. The predicted molar refractivity (Wildman–Crippen MR) is 87.7 cm³/mol. The van der Waals surface area contributed by atoms with E-state index in [0.717, 1.165) is 11.1 Å². The minimum atomic E-state index is -0.559. The van der Waals surface area contributed by atoms with E-state index in [0.29, 0.717) is 5.52 Å². The molecule has 8 nitrogen and oxygen atoms in total. The van der Waals surface area contributed by atoms with Gasteiger partial charge >= 0.3 is 0 Å². The van der Waals surface area contributed by atoms with Crippen LogP contribution in [0.5, 0.6) is 0 Å². The van der Waals surface area contributed by atoms with E-state index in [1.165, 1.54) is 30.5 Å². The van der Waals surface area contributed by atoms with Crippen LogP contribution in [0.3, 0.4) is 0 Å². The van der Waals surface area contributed by atoms with E-state index in [1.807, 2.05) is 0 Å². The zero-order valence-electron chi connectivity index (χ0n) is 12.3. The van der Waals surface area contributed by atoms with Gasteiger partial charge in [-0.2, -0.15) is 5.10 Å². The summed E-state index contributed by atoms with van der Waals surface area (Å²) in [6.07, 6.45) is 4.66. The van der Waals surface area contributed by atoms with Crippen molar-refractivity contribution in [3.63, 3.8) is 0 Å². The number of carbonyl (C=O) groups excluding carboxylic acids is 1. The van der Waals surface area contributed by atoms with E-state index in [4.69, 9.17) is 0 Å². The molecule has 3 rings (SSSR count). The molecule has 0 unspecified atom stereocenters. The van der Waals surface area contributed by atoms with E-state index in [2.05, 4.69) is 20.5 Å². The second-order valence-electron chi connectivity index (χ2n) is 4.81. The van der Waals surface area contributed by atoms with E-state index in [-0.39, 0.29) is 11.3 Å². The number of nitrogens with one attached hydrogen (secondary N) is 1. The number of rotatable bonds is 4. The third-order valence-electron chi connectivity index (χ3n) is 3.19. The fourth-order valence-electron chi connectivity index (χ4n) is 2.05. The first-order valence-electron chi connectivity index (χ1n) is 6.92. The van der Waals surface area contributed by atoms with Gasteiger partial charge in [0.1, 0.15) is 0 Å². The summed E-state index contributed by atoms with van der Waals surface area (Å²) >= 11 is 0. The number of carbonyl (C=O) groups is 1. The highest BCUT2D eigenvalue weighted by Gasteiger charge is 2.10. The topological polar surface area (TPSA) is 110 Å². The first kappa shape index (κ1) is 15.2. The zero-order chi connectivity index (χ0) is 16.9. The van der Waals surface area contributed by atoms with Gasteiger partial charge < -0.3 is 0 Å². The molecule has 8 heteroatoms. The van der Waals surface area contributed by atoms with Gasteiger partial charge in [0.15, 0.2) is 0 Å². The molecule has 118 valence electrons. The normalized spacial score (nSPS) is 10.8. The number of benzene rings is 2. The van der Waals surface area contributed by atoms with Gasteiger partial charge in [0, 0.05) is 30.1 Å². The van der Waals surface area contributed by atoms with Crippen molar-refractivity contribution in [1.29, 1.82) is 0 Å². The summed E-state index contributed by atoms with van der Waals surface area (Å²) in [6.45, 7) is 0. The number of non-ortho nitro benzene ring substituents is 1. The van der Waals surface area contributed by atoms with Crippen LogP contribution in [0.4, 0.5) is 5.69 Å². The highest BCUT2D eigenvalue weighted by Crippen LogP contribution is 2.13. The van der Waals surface area contributed by atoms with Crippen molar-refractivity contribution in [2.45, 2.75) is 0 Å². The van der Waals surface area contributed by atoms with Gasteiger partial charge in [-0.25, -0.2) is 5.43 Å². The Morgan fingerprint density at radius 1 is 1.12 bits per heavy atom. The largest absolute Gasteiger partial charge is 0.271 e. The second-order valence-corrected chi connectivity index (χ2v) is 4.81. The third-order valence-corrected chi connectivity index (χ3v) is 3.19. The summed E-state index contributed by atoms with van der Waals surface area (Å²) in [5.41, 5.74) is 4.55. The van der Waals surface area contributed by atoms with Crippen molar-refractivity contribution in [3.05, 3.63) is 76.1 Å². The predicted octanol–water partition coefficient (Wildman–Crippen LogP) is 2.30. The minimum Gasteiger partial charge on any atom is -0.267 e. The number of hydrazone groups is 1. The fourth-order valence-corrected chi connectivity index (χ4v) is 2.05. The van der Waals surface area contributed by atoms with Gasteiger partial charge in [-0.3, -0.25) is 24.9 Å². The molecule has 1 N–H and O–H groups in total. The van der Waals surface area contributed by atoms with Gasteiger partial charge in [0.25, 0.3) is 11.6 Å². The maximum Gasteiger partial charge on any atom is 0.271 e. The molecule has 24 heavy (non-hydrogen) atoms. The van der Waals surface area contributed by atoms with Crippen LogP contribution in [0.2, 0.25) is 0 Å². The van der Waals surface area contributed by atoms with Gasteiger partial charge in [-0.1, -0.05) is 12.1 Å². The molecule has 0 saturated carbocycles.